The molecule has 2 amide bonds. The number of rotatable bonds is 4. The minimum Gasteiger partial charge on any atom is -0.381 e. The van der Waals surface area contributed by atoms with Crippen LogP contribution in [0, 0.1) is 11.3 Å². The van der Waals surface area contributed by atoms with Crippen LogP contribution in [0.15, 0.2) is 0 Å². The van der Waals surface area contributed by atoms with Crippen molar-refractivity contribution < 1.29 is 14.3 Å². The maximum absolute atomic E-state index is 11.9. The molecule has 0 bridgehead atoms. The first-order chi connectivity index (χ1) is 8.59. The van der Waals surface area contributed by atoms with Crippen LogP contribution < -0.4 is 5.32 Å². The SMILES string of the molecule is CN(CC1CCCOC1)C(=O)NCC1(C)COC1. The molecule has 2 fully saturated rings. The molecule has 104 valence electrons. The van der Waals surface area contributed by atoms with Crippen molar-refractivity contribution in [2.75, 3.05) is 46.6 Å². The molecule has 1 unspecified atom stereocenters. The number of carbonyl (C=O) groups is 1. The topological polar surface area (TPSA) is 50.8 Å². The maximum atomic E-state index is 11.9. The fourth-order valence-electron chi connectivity index (χ4n) is 2.40. The minimum absolute atomic E-state index is 0.00805. The van der Waals surface area contributed by atoms with Crippen LogP contribution in [-0.4, -0.2) is 57.5 Å². The number of ether oxygens (including phenoxy) is 2. The van der Waals surface area contributed by atoms with Gasteiger partial charge in [0.15, 0.2) is 0 Å². The molecule has 2 heterocycles. The Bertz CT molecular complexity index is 286. The third-order valence-electron chi connectivity index (χ3n) is 3.70. The molecule has 2 saturated heterocycles. The molecule has 5 nitrogen and oxygen atoms in total. The Balaban J connectivity index is 1.67. The van der Waals surface area contributed by atoms with Gasteiger partial charge in [0.25, 0.3) is 0 Å². The Morgan fingerprint density at radius 1 is 1.44 bits per heavy atom. The molecule has 0 aromatic heterocycles. The van der Waals surface area contributed by atoms with Gasteiger partial charge in [0.2, 0.25) is 0 Å². The van der Waals surface area contributed by atoms with Gasteiger partial charge in [0.1, 0.15) is 0 Å². The van der Waals surface area contributed by atoms with E-state index in [1.165, 1.54) is 0 Å². The third-order valence-corrected chi connectivity index (χ3v) is 3.70. The zero-order valence-electron chi connectivity index (χ0n) is 11.4. The fraction of sp³-hybridized carbons (Fsp3) is 0.923. The second-order valence-corrected chi connectivity index (χ2v) is 5.93. The molecule has 0 aromatic carbocycles. The molecule has 1 N–H and O–H groups in total. The molecule has 0 radical (unpaired) electrons. The highest BCUT2D eigenvalue weighted by Gasteiger charge is 2.33. The van der Waals surface area contributed by atoms with Crippen molar-refractivity contribution in [3.05, 3.63) is 0 Å². The van der Waals surface area contributed by atoms with Gasteiger partial charge in [-0.25, -0.2) is 4.79 Å². The van der Waals surface area contributed by atoms with Gasteiger partial charge in [-0.15, -0.1) is 0 Å². The molecule has 0 saturated carbocycles. The smallest absolute Gasteiger partial charge is 0.317 e. The van der Waals surface area contributed by atoms with Crippen molar-refractivity contribution in [2.45, 2.75) is 19.8 Å². The second kappa shape index (κ2) is 5.89. The quantitative estimate of drug-likeness (QED) is 0.819. The summed E-state index contributed by atoms with van der Waals surface area (Å²) in [5, 5.41) is 2.98. The van der Waals surface area contributed by atoms with Crippen LogP contribution in [0.1, 0.15) is 19.8 Å². The first kappa shape index (κ1) is 13.6. The number of nitrogens with one attached hydrogen (secondary N) is 1. The van der Waals surface area contributed by atoms with Crippen molar-refractivity contribution in [3.8, 4) is 0 Å². The molecule has 5 heteroatoms. The predicted octanol–water partition coefficient (Wildman–Crippen LogP) is 1.09. The predicted molar refractivity (Wildman–Crippen MR) is 68.5 cm³/mol. The summed E-state index contributed by atoms with van der Waals surface area (Å²) in [6, 6.07) is 0.00805. The van der Waals surface area contributed by atoms with Gasteiger partial charge >= 0.3 is 6.03 Å². The lowest BCUT2D eigenvalue weighted by molar-refractivity contribution is -0.0978. The first-order valence-corrected chi connectivity index (χ1v) is 6.73. The largest absolute Gasteiger partial charge is 0.381 e. The van der Waals surface area contributed by atoms with Crippen LogP contribution in [-0.2, 0) is 9.47 Å². The van der Waals surface area contributed by atoms with E-state index in [2.05, 4.69) is 12.2 Å². The first-order valence-electron chi connectivity index (χ1n) is 6.73. The third kappa shape index (κ3) is 3.59. The Morgan fingerprint density at radius 2 is 2.22 bits per heavy atom. The highest BCUT2D eigenvalue weighted by molar-refractivity contribution is 5.73. The van der Waals surface area contributed by atoms with Gasteiger partial charge in [-0.2, -0.15) is 0 Å². The highest BCUT2D eigenvalue weighted by Crippen LogP contribution is 2.25. The van der Waals surface area contributed by atoms with Crippen molar-refractivity contribution in [1.29, 1.82) is 0 Å². The summed E-state index contributed by atoms with van der Waals surface area (Å²) in [5.41, 5.74) is 0.129. The maximum Gasteiger partial charge on any atom is 0.317 e. The lowest BCUT2D eigenvalue weighted by Crippen LogP contribution is -2.51. The van der Waals surface area contributed by atoms with Gasteiger partial charge in [-0.1, -0.05) is 6.92 Å². The summed E-state index contributed by atoms with van der Waals surface area (Å²) in [5.74, 6) is 0.483. The zero-order chi connectivity index (χ0) is 13.0. The van der Waals surface area contributed by atoms with E-state index in [1.807, 2.05) is 7.05 Å². The molecule has 2 aliphatic heterocycles. The molecule has 1 atom stereocenters. The monoisotopic (exact) mass is 256 g/mol. The summed E-state index contributed by atoms with van der Waals surface area (Å²) in [6.07, 6.45) is 2.26. The van der Waals surface area contributed by atoms with Crippen LogP contribution in [0.25, 0.3) is 0 Å². The van der Waals surface area contributed by atoms with E-state index < -0.39 is 0 Å². The molecule has 2 rings (SSSR count). The van der Waals surface area contributed by atoms with E-state index in [0.29, 0.717) is 12.5 Å². The van der Waals surface area contributed by atoms with Crippen LogP contribution >= 0.6 is 0 Å². The van der Waals surface area contributed by atoms with Gasteiger partial charge in [0.05, 0.1) is 19.8 Å². The molecular formula is C13H24N2O3. The summed E-state index contributed by atoms with van der Waals surface area (Å²) in [7, 11) is 1.85. The van der Waals surface area contributed by atoms with E-state index in [0.717, 1.165) is 45.8 Å². The van der Waals surface area contributed by atoms with Crippen molar-refractivity contribution in [3.63, 3.8) is 0 Å². The lowest BCUT2D eigenvalue weighted by atomic mass is 9.89. The van der Waals surface area contributed by atoms with Gasteiger partial charge in [-0.05, 0) is 12.8 Å². The van der Waals surface area contributed by atoms with Crippen LogP contribution in [0.3, 0.4) is 0 Å². The molecule has 2 aliphatic rings. The number of hydrogen-bond donors (Lipinski definition) is 1. The van der Waals surface area contributed by atoms with Crippen LogP contribution in [0.4, 0.5) is 4.79 Å². The molecule has 0 aliphatic carbocycles. The van der Waals surface area contributed by atoms with Crippen molar-refractivity contribution in [1.82, 2.24) is 10.2 Å². The Kier molecular flexibility index (Phi) is 4.45. The van der Waals surface area contributed by atoms with E-state index >= 15 is 0 Å². The van der Waals surface area contributed by atoms with Crippen molar-refractivity contribution >= 4 is 6.03 Å². The minimum atomic E-state index is 0.00805. The van der Waals surface area contributed by atoms with Crippen LogP contribution in [0.2, 0.25) is 0 Å². The summed E-state index contributed by atoms with van der Waals surface area (Å²) in [6.45, 7) is 6.73. The Hall–Kier alpha value is -0.810. The standard InChI is InChI=1S/C13H24N2O3/c1-13(9-18-10-13)8-14-12(16)15(2)6-11-4-3-5-17-7-11/h11H,3-10H2,1-2H3,(H,14,16). The van der Waals surface area contributed by atoms with Gasteiger partial charge in [-0.3, -0.25) is 0 Å². The summed E-state index contributed by atoms with van der Waals surface area (Å²) in [4.78, 5) is 13.7. The molecule has 0 aromatic rings. The number of hydrogen-bond acceptors (Lipinski definition) is 3. The number of nitrogens with zero attached hydrogens (tertiary/aromatic N) is 1. The van der Waals surface area contributed by atoms with Gasteiger partial charge in [0, 0.05) is 38.1 Å². The summed E-state index contributed by atoms with van der Waals surface area (Å²) >= 11 is 0. The van der Waals surface area contributed by atoms with E-state index in [9.17, 15) is 4.79 Å². The van der Waals surface area contributed by atoms with Crippen LogP contribution in [0.5, 0.6) is 0 Å². The Morgan fingerprint density at radius 3 is 2.78 bits per heavy atom. The Labute approximate surface area is 109 Å². The lowest BCUT2D eigenvalue weighted by Gasteiger charge is -2.38. The van der Waals surface area contributed by atoms with Crippen molar-refractivity contribution in [2.24, 2.45) is 11.3 Å². The highest BCUT2D eigenvalue weighted by atomic mass is 16.5. The number of urea groups is 1. The normalized spacial score (nSPS) is 26.2. The van der Waals surface area contributed by atoms with Gasteiger partial charge < -0.3 is 19.7 Å². The van der Waals surface area contributed by atoms with E-state index in [4.69, 9.17) is 9.47 Å². The molecular weight excluding hydrogens is 232 g/mol. The fourth-order valence-corrected chi connectivity index (χ4v) is 2.40. The number of amides is 2. The van der Waals surface area contributed by atoms with E-state index in [1.54, 1.807) is 4.90 Å². The molecule has 18 heavy (non-hydrogen) atoms. The summed E-state index contributed by atoms with van der Waals surface area (Å²) < 4.78 is 10.6. The van der Waals surface area contributed by atoms with E-state index in [-0.39, 0.29) is 11.4 Å². The average molecular weight is 256 g/mol. The average Bonchev–Trinajstić information content (AvgIpc) is 2.34. The molecule has 0 spiro atoms. The zero-order valence-corrected chi connectivity index (χ0v) is 11.4. The number of carbonyl (C=O) groups excluding carboxylic acids is 1. The second-order valence-electron chi connectivity index (χ2n) is 5.93.